The molecule has 1 atom stereocenters. The molecule has 1 aliphatic rings. The van der Waals surface area contributed by atoms with Crippen molar-refractivity contribution >= 4 is 22.9 Å². The highest BCUT2D eigenvalue weighted by Crippen LogP contribution is 2.35. The van der Waals surface area contributed by atoms with E-state index in [1.165, 1.54) is 30.6 Å². The maximum atomic E-state index is 6.33. The molecule has 0 unspecified atom stereocenters. The minimum atomic E-state index is 0.533. The Labute approximate surface area is 119 Å². The van der Waals surface area contributed by atoms with Crippen molar-refractivity contribution in [1.29, 1.82) is 0 Å². The van der Waals surface area contributed by atoms with Gasteiger partial charge in [0.05, 0.1) is 5.02 Å². The molecule has 1 aliphatic heterocycles. The summed E-state index contributed by atoms with van der Waals surface area (Å²) in [6.07, 6.45) is 5.16. The van der Waals surface area contributed by atoms with Gasteiger partial charge in [-0.05, 0) is 17.9 Å². The Morgan fingerprint density at radius 1 is 1.39 bits per heavy atom. The molecule has 2 heterocycles. The van der Waals surface area contributed by atoms with E-state index < -0.39 is 0 Å². The molecule has 0 radical (unpaired) electrons. The van der Waals surface area contributed by atoms with Crippen LogP contribution in [0.15, 0.2) is 11.4 Å². The summed E-state index contributed by atoms with van der Waals surface area (Å²) < 4.78 is 0. The molecule has 2 rings (SSSR count). The SMILES string of the molecule is CCCCC[C@H](c1sccc1Cl)N1CCNCC1. The van der Waals surface area contributed by atoms with Crippen LogP contribution in [-0.2, 0) is 0 Å². The largest absolute Gasteiger partial charge is 0.314 e. The maximum Gasteiger partial charge on any atom is 0.0561 e. The second kappa shape index (κ2) is 7.49. The maximum absolute atomic E-state index is 6.33. The summed E-state index contributed by atoms with van der Waals surface area (Å²) in [5, 5.41) is 6.50. The highest BCUT2D eigenvalue weighted by atomic mass is 35.5. The summed E-state index contributed by atoms with van der Waals surface area (Å²) in [6.45, 7) is 6.76. The van der Waals surface area contributed by atoms with Crippen LogP contribution in [0.3, 0.4) is 0 Å². The van der Waals surface area contributed by atoms with E-state index in [1.807, 2.05) is 17.4 Å². The number of nitrogens with one attached hydrogen (secondary N) is 1. The van der Waals surface area contributed by atoms with Crippen molar-refractivity contribution in [2.75, 3.05) is 26.2 Å². The first-order chi connectivity index (χ1) is 8.83. The molecule has 0 aromatic carbocycles. The molecular weight excluding hydrogens is 264 g/mol. The fraction of sp³-hybridized carbons (Fsp3) is 0.714. The number of nitrogens with zero attached hydrogens (tertiary/aromatic N) is 1. The molecule has 4 heteroatoms. The third kappa shape index (κ3) is 3.70. The predicted molar refractivity (Wildman–Crippen MR) is 80.7 cm³/mol. The van der Waals surface area contributed by atoms with Crippen LogP contribution in [0.4, 0.5) is 0 Å². The van der Waals surface area contributed by atoms with E-state index in [4.69, 9.17) is 11.6 Å². The minimum Gasteiger partial charge on any atom is -0.314 e. The summed E-state index contributed by atoms with van der Waals surface area (Å²) in [5.41, 5.74) is 0. The zero-order valence-electron chi connectivity index (χ0n) is 11.1. The van der Waals surface area contributed by atoms with Crippen LogP contribution in [0.1, 0.15) is 43.5 Å². The van der Waals surface area contributed by atoms with E-state index >= 15 is 0 Å². The van der Waals surface area contributed by atoms with Gasteiger partial charge in [0.15, 0.2) is 0 Å². The van der Waals surface area contributed by atoms with Gasteiger partial charge in [-0.3, -0.25) is 4.90 Å². The summed E-state index contributed by atoms with van der Waals surface area (Å²) in [4.78, 5) is 3.97. The Morgan fingerprint density at radius 2 is 2.17 bits per heavy atom. The highest BCUT2D eigenvalue weighted by Gasteiger charge is 2.24. The van der Waals surface area contributed by atoms with Crippen molar-refractivity contribution in [3.8, 4) is 0 Å². The zero-order chi connectivity index (χ0) is 12.8. The Balaban J connectivity index is 2.04. The van der Waals surface area contributed by atoms with Gasteiger partial charge in [-0.25, -0.2) is 0 Å². The standard InChI is InChI=1S/C14H23ClN2S/c1-2-3-4-5-13(14-12(15)6-11-18-14)17-9-7-16-8-10-17/h6,11,13,16H,2-5,7-10H2,1H3/t13-/m1/s1. The molecule has 0 spiro atoms. The monoisotopic (exact) mass is 286 g/mol. The van der Waals surface area contributed by atoms with Crippen molar-refractivity contribution in [3.63, 3.8) is 0 Å². The van der Waals surface area contributed by atoms with Crippen LogP contribution in [0.5, 0.6) is 0 Å². The van der Waals surface area contributed by atoms with E-state index in [1.54, 1.807) is 0 Å². The topological polar surface area (TPSA) is 15.3 Å². The average molecular weight is 287 g/mol. The molecule has 1 saturated heterocycles. The number of unbranched alkanes of at least 4 members (excludes halogenated alkanes) is 2. The number of rotatable bonds is 6. The van der Waals surface area contributed by atoms with Gasteiger partial charge in [0, 0.05) is 37.1 Å². The lowest BCUT2D eigenvalue weighted by atomic mass is 10.0. The Hall–Kier alpha value is -0.0900. The number of halogens is 1. The quantitative estimate of drug-likeness (QED) is 0.797. The molecule has 1 N–H and O–H groups in total. The lowest BCUT2D eigenvalue weighted by Gasteiger charge is -2.34. The van der Waals surface area contributed by atoms with Crippen LogP contribution in [0, 0.1) is 0 Å². The van der Waals surface area contributed by atoms with Gasteiger partial charge in [-0.1, -0.05) is 37.8 Å². The lowest BCUT2D eigenvalue weighted by Crippen LogP contribution is -2.45. The molecule has 1 aromatic heterocycles. The normalized spacial score (nSPS) is 19.0. The van der Waals surface area contributed by atoms with Crippen molar-refractivity contribution in [3.05, 3.63) is 21.3 Å². The minimum absolute atomic E-state index is 0.533. The average Bonchev–Trinajstić information content (AvgIpc) is 2.82. The van der Waals surface area contributed by atoms with Crippen molar-refractivity contribution in [2.24, 2.45) is 0 Å². The van der Waals surface area contributed by atoms with Crippen LogP contribution in [0.25, 0.3) is 0 Å². The first kappa shape index (κ1) is 14.3. The molecular formula is C14H23ClN2S. The van der Waals surface area contributed by atoms with E-state index in [0.29, 0.717) is 6.04 Å². The summed E-state index contributed by atoms with van der Waals surface area (Å²) >= 11 is 8.15. The number of piperazine rings is 1. The zero-order valence-corrected chi connectivity index (χ0v) is 12.7. The molecule has 0 aliphatic carbocycles. The van der Waals surface area contributed by atoms with Gasteiger partial charge in [0.25, 0.3) is 0 Å². The van der Waals surface area contributed by atoms with Crippen LogP contribution in [0.2, 0.25) is 5.02 Å². The molecule has 1 fully saturated rings. The molecule has 0 amide bonds. The smallest absolute Gasteiger partial charge is 0.0561 e. The number of hydrogen-bond donors (Lipinski definition) is 1. The Bertz CT molecular complexity index is 347. The molecule has 2 nitrogen and oxygen atoms in total. The third-order valence-corrected chi connectivity index (χ3v) is 5.08. The van der Waals surface area contributed by atoms with Gasteiger partial charge >= 0.3 is 0 Å². The van der Waals surface area contributed by atoms with Gasteiger partial charge in [0.2, 0.25) is 0 Å². The summed E-state index contributed by atoms with van der Waals surface area (Å²) in [5.74, 6) is 0. The first-order valence-corrected chi connectivity index (χ1v) is 8.26. The predicted octanol–water partition coefficient (Wildman–Crippen LogP) is 3.93. The second-order valence-electron chi connectivity index (χ2n) is 4.93. The molecule has 18 heavy (non-hydrogen) atoms. The molecule has 0 bridgehead atoms. The fourth-order valence-electron chi connectivity index (χ4n) is 2.60. The van der Waals surface area contributed by atoms with Crippen LogP contribution in [-0.4, -0.2) is 31.1 Å². The van der Waals surface area contributed by atoms with Crippen LogP contribution >= 0.6 is 22.9 Å². The van der Waals surface area contributed by atoms with Crippen molar-refractivity contribution < 1.29 is 0 Å². The van der Waals surface area contributed by atoms with E-state index in [0.717, 1.165) is 31.2 Å². The second-order valence-corrected chi connectivity index (χ2v) is 6.29. The Morgan fingerprint density at radius 3 is 2.78 bits per heavy atom. The molecule has 0 saturated carbocycles. The van der Waals surface area contributed by atoms with Crippen molar-refractivity contribution in [2.45, 2.75) is 38.6 Å². The van der Waals surface area contributed by atoms with E-state index in [-0.39, 0.29) is 0 Å². The van der Waals surface area contributed by atoms with Gasteiger partial charge in [-0.2, -0.15) is 0 Å². The van der Waals surface area contributed by atoms with E-state index in [9.17, 15) is 0 Å². The van der Waals surface area contributed by atoms with Gasteiger partial charge < -0.3 is 5.32 Å². The van der Waals surface area contributed by atoms with Crippen LogP contribution < -0.4 is 5.32 Å². The lowest BCUT2D eigenvalue weighted by molar-refractivity contribution is 0.165. The number of thiophene rings is 1. The van der Waals surface area contributed by atoms with Gasteiger partial charge in [0.1, 0.15) is 0 Å². The number of hydrogen-bond acceptors (Lipinski definition) is 3. The highest BCUT2D eigenvalue weighted by molar-refractivity contribution is 7.10. The Kier molecular flexibility index (Phi) is 5.96. The van der Waals surface area contributed by atoms with E-state index in [2.05, 4.69) is 22.5 Å². The summed E-state index contributed by atoms with van der Waals surface area (Å²) in [7, 11) is 0. The van der Waals surface area contributed by atoms with Gasteiger partial charge in [-0.15, -0.1) is 11.3 Å². The first-order valence-electron chi connectivity index (χ1n) is 7.00. The summed E-state index contributed by atoms with van der Waals surface area (Å²) in [6, 6.07) is 2.57. The molecule has 102 valence electrons. The molecule has 1 aromatic rings. The van der Waals surface area contributed by atoms with Crippen molar-refractivity contribution in [1.82, 2.24) is 10.2 Å². The fourth-order valence-corrected chi connectivity index (χ4v) is 3.96. The third-order valence-electron chi connectivity index (χ3n) is 3.62.